The van der Waals surface area contributed by atoms with Crippen LogP contribution in [0.4, 0.5) is 11.1 Å². The quantitative estimate of drug-likeness (QED) is 0.880. The molecular weight excluding hydrogens is 266 g/mol. The summed E-state index contributed by atoms with van der Waals surface area (Å²) in [5, 5.41) is 2.95. The molecule has 0 aliphatic heterocycles. The summed E-state index contributed by atoms with van der Waals surface area (Å²) in [7, 11) is 1.50. The first-order chi connectivity index (χ1) is 8.99. The second-order valence-electron chi connectivity index (χ2n) is 3.80. The Morgan fingerprint density at radius 3 is 2.68 bits per heavy atom. The van der Waals surface area contributed by atoms with Gasteiger partial charge in [-0.2, -0.15) is 4.98 Å². The maximum absolute atomic E-state index is 12.0. The van der Waals surface area contributed by atoms with Crippen molar-refractivity contribution in [3.63, 3.8) is 0 Å². The minimum absolute atomic E-state index is 0.188. The van der Waals surface area contributed by atoms with Gasteiger partial charge in [0.2, 0.25) is 11.8 Å². The molecule has 1 amide bonds. The Labute approximate surface area is 113 Å². The van der Waals surface area contributed by atoms with Gasteiger partial charge in [0.25, 0.3) is 5.91 Å². The van der Waals surface area contributed by atoms with Gasteiger partial charge in [-0.05, 0) is 13.8 Å². The standard InChI is InChI=1S/C11H13N5O2S/c1-5-4-7(18-3)15-11(13-5)16-9(17)8-6(2)14-10(12)19-8/h4H,1-3H3,(H2,12,14)(H,13,15,16,17). The van der Waals surface area contributed by atoms with Crippen molar-refractivity contribution in [1.29, 1.82) is 0 Å². The number of methoxy groups -OCH3 is 1. The minimum atomic E-state index is -0.334. The average molecular weight is 279 g/mol. The summed E-state index contributed by atoms with van der Waals surface area (Å²) in [6, 6.07) is 1.67. The minimum Gasteiger partial charge on any atom is -0.481 e. The van der Waals surface area contributed by atoms with Crippen LogP contribution in [0.25, 0.3) is 0 Å². The molecule has 0 aromatic carbocycles. The highest BCUT2D eigenvalue weighted by Gasteiger charge is 2.16. The van der Waals surface area contributed by atoms with Crippen molar-refractivity contribution in [2.45, 2.75) is 13.8 Å². The van der Waals surface area contributed by atoms with Crippen molar-refractivity contribution in [2.24, 2.45) is 0 Å². The number of carbonyl (C=O) groups excluding carboxylic acids is 1. The largest absolute Gasteiger partial charge is 0.481 e. The highest BCUT2D eigenvalue weighted by atomic mass is 32.1. The summed E-state index contributed by atoms with van der Waals surface area (Å²) in [5.41, 5.74) is 6.84. The fraction of sp³-hybridized carbons (Fsp3) is 0.273. The van der Waals surface area contributed by atoms with Crippen LogP contribution in [0.15, 0.2) is 6.07 Å². The summed E-state index contributed by atoms with van der Waals surface area (Å²) in [6.07, 6.45) is 0. The van der Waals surface area contributed by atoms with Gasteiger partial charge in [0.05, 0.1) is 12.8 Å². The first-order valence-corrected chi connectivity index (χ1v) is 6.25. The molecule has 0 unspecified atom stereocenters. The molecule has 0 saturated heterocycles. The number of thiazole rings is 1. The predicted molar refractivity (Wildman–Crippen MR) is 72.5 cm³/mol. The van der Waals surface area contributed by atoms with Crippen LogP contribution < -0.4 is 15.8 Å². The van der Waals surface area contributed by atoms with Gasteiger partial charge < -0.3 is 10.5 Å². The van der Waals surface area contributed by atoms with Crippen LogP contribution in [0.5, 0.6) is 5.88 Å². The Kier molecular flexibility index (Phi) is 3.61. The van der Waals surface area contributed by atoms with Crippen LogP contribution in [0.3, 0.4) is 0 Å². The number of hydrogen-bond donors (Lipinski definition) is 2. The lowest BCUT2D eigenvalue weighted by Crippen LogP contribution is -2.14. The highest BCUT2D eigenvalue weighted by Crippen LogP contribution is 2.21. The molecule has 2 heterocycles. The summed E-state index contributed by atoms with van der Waals surface area (Å²) in [4.78, 5) is 24.6. The smallest absolute Gasteiger partial charge is 0.270 e. The number of nitrogen functional groups attached to an aromatic ring is 1. The van der Waals surface area contributed by atoms with E-state index in [1.807, 2.05) is 0 Å². The molecule has 0 spiro atoms. The zero-order valence-corrected chi connectivity index (χ0v) is 11.5. The zero-order chi connectivity index (χ0) is 14.0. The topological polar surface area (TPSA) is 103 Å². The molecule has 0 radical (unpaired) electrons. The van der Waals surface area contributed by atoms with Crippen molar-refractivity contribution in [3.8, 4) is 5.88 Å². The number of hydrogen-bond acceptors (Lipinski definition) is 7. The molecule has 0 bridgehead atoms. The second-order valence-corrected chi connectivity index (χ2v) is 4.83. The maximum Gasteiger partial charge on any atom is 0.270 e. The highest BCUT2D eigenvalue weighted by molar-refractivity contribution is 7.17. The monoisotopic (exact) mass is 279 g/mol. The van der Waals surface area contributed by atoms with Gasteiger partial charge in [0.1, 0.15) is 4.88 Å². The van der Waals surface area contributed by atoms with Gasteiger partial charge in [-0.3, -0.25) is 10.1 Å². The molecule has 3 N–H and O–H groups in total. The Morgan fingerprint density at radius 2 is 2.11 bits per heavy atom. The Hall–Kier alpha value is -2.22. The third kappa shape index (κ3) is 2.97. The van der Waals surface area contributed by atoms with Crippen molar-refractivity contribution < 1.29 is 9.53 Å². The van der Waals surface area contributed by atoms with Crippen LogP contribution in [0, 0.1) is 13.8 Å². The number of amides is 1. The molecule has 2 aromatic heterocycles. The lowest BCUT2D eigenvalue weighted by atomic mass is 10.4. The molecule has 0 fully saturated rings. The molecule has 0 atom stereocenters. The third-order valence-corrected chi connectivity index (χ3v) is 3.27. The third-order valence-electron chi connectivity index (χ3n) is 2.28. The fourth-order valence-electron chi connectivity index (χ4n) is 1.49. The van der Waals surface area contributed by atoms with Gasteiger partial charge in [-0.25, -0.2) is 9.97 Å². The predicted octanol–water partition coefficient (Wildman–Crippen LogP) is 1.39. The van der Waals surface area contributed by atoms with E-state index in [1.54, 1.807) is 19.9 Å². The summed E-state index contributed by atoms with van der Waals surface area (Å²) in [6.45, 7) is 3.51. The number of carbonyl (C=O) groups is 1. The van der Waals surface area contributed by atoms with Crippen LogP contribution >= 0.6 is 11.3 Å². The zero-order valence-electron chi connectivity index (χ0n) is 10.7. The number of aromatic nitrogens is 3. The maximum atomic E-state index is 12.0. The average Bonchev–Trinajstić information content (AvgIpc) is 2.67. The molecular formula is C11H13N5O2S. The number of ether oxygens (including phenoxy) is 1. The van der Waals surface area contributed by atoms with Crippen molar-refractivity contribution >= 4 is 28.3 Å². The van der Waals surface area contributed by atoms with E-state index in [-0.39, 0.29) is 11.9 Å². The van der Waals surface area contributed by atoms with Crippen molar-refractivity contribution in [2.75, 3.05) is 18.2 Å². The van der Waals surface area contributed by atoms with Crippen LogP contribution in [0.1, 0.15) is 21.1 Å². The van der Waals surface area contributed by atoms with E-state index < -0.39 is 0 Å². The number of nitrogens with one attached hydrogen (secondary N) is 1. The van der Waals surface area contributed by atoms with Crippen LogP contribution in [0.2, 0.25) is 0 Å². The fourth-order valence-corrected chi connectivity index (χ4v) is 2.22. The molecule has 0 aliphatic rings. The number of rotatable bonds is 3. The first kappa shape index (κ1) is 13.2. The van der Waals surface area contributed by atoms with Gasteiger partial charge in [0, 0.05) is 11.8 Å². The molecule has 8 heteroatoms. The normalized spacial score (nSPS) is 10.3. The number of nitrogens with two attached hydrogens (primary N) is 1. The first-order valence-electron chi connectivity index (χ1n) is 5.43. The number of aryl methyl sites for hydroxylation is 2. The molecule has 7 nitrogen and oxygen atoms in total. The molecule has 2 rings (SSSR count). The van der Waals surface area contributed by atoms with Gasteiger partial charge in [-0.1, -0.05) is 11.3 Å². The summed E-state index contributed by atoms with van der Waals surface area (Å²) < 4.78 is 5.02. The van der Waals surface area contributed by atoms with E-state index in [0.29, 0.717) is 27.3 Å². The second kappa shape index (κ2) is 5.19. The molecule has 0 saturated carbocycles. The molecule has 100 valence electrons. The van der Waals surface area contributed by atoms with E-state index >= 15 is 0 Å². The van der Waals surface area contributed by atoms with Crippen LogP contribution in [-0.2, 0) is 0 Å². The Morgan fingerprint density at radius 1 is 1.37 bits per heavy atom. The SMILES string of the molecule is COc1cc(C)nc(NC(=O)c2sc(N)nc2C)n1. The lowest BCUT2D eigenvalue weighted by Gasteiger charge is -2.05. The molecule has 0 aliphatic carbocycles. The Bertz CT molecular complexity index is 626. The summed E-state index contributed by atoms with van der Waals surface area (Å²) in [5.74, 6) is 0.246. The van der Waals surface area contributed by atoms with Crippen molar-refractivity contribution in [1.82, 2.24) is 15.0 Å². The molecule has 2 aromatic rings. The van der Waals surface area contributed by atoms with Gasteiger partial charge >= 0.3 is 0 Å². The summed E-state index contributed by atoms with van der Waals surface area (Å²) >= 11 is 1.12. The number of nitrogens with zero attached hydrogens (tertiary/aromatic N) is 3. The van der Waals surface area contributed by atoms with Crippen LogP contribution in [-0.4, -0.2) is 28.0 Å². The number of anilines is 2. The van der Waals surface area contributed by atoms with Crippen molar-refractivity contribution in [3.05, 3.63) is 22.3 Å². The lowest BCUT2D eigenvalue weighted by molar-refractivity contribution is 0.102. The van der Waals surface area contributed by atoms with E-state index in [0.717, 1.165) is 11.3 Å². The van der Waals surface area contributed by atoms with E-state index in [2.05, 4.69) is 20.3 Å². The molecule has 19 heavy (non-hydrogen) atoms. The van der Waals surface area contributed by atoms with E-state index in [1.165, 1.54) is 7.11 Å². The Balaban J connectivity index is 2.23. The van der Waals surface area contributed by atoms with Gasteiger partial charge in [0.15, 0.2) is 5.13 Å². The van der Waals surface area contributed by atoms with Gasteiger partial charge in [-0.15, -0.1) is 0 Å². The van der Waals surface area contributed by atoms with E-state index in [4.69, 9.17) is 10.5 Å². The van der Waals surface area contributed by atoms with E-state index in [9.17, 15) is 4.79 Å².